The Morgan fingerprint density at radius 3 is 2.21 bits per heavy atom. The second-order valence-corrected chi connectivity index (χ2v) is 10.0. The molecule has 1 aliphatic heterocycles. The lowest BCUT2D eigenvalue weighted by Gasteiger charge is -2.28. The zero-order valence-electron chi connectivity index (χ0n) is 18.5. The minimum Gasteiger partial charge on any atom is -0.457 e. The lowest BCUT2D eigenvalue weighted by molar-refractivity contribution is -0.138. The van der Waals surface area contributed by atoms with E-state index >= 15 is 0 Å². The van der Waals surface area contributed by atoms with Crippen molar-refractivity contribution in [1.82, 2.24) is 15.3 Å². The number of benzene rings is 2. The van der Waals surface area contributed by atoms with Crippen molar-refractivity contribution in [3.63, 3.8) is 0 Å². The molecule has 11 nitrogen and oxygen atoms in total. The highest BCUT2D eigenvalue weighted by Gasteiger charge is 2.43. The normalized spacial score (nSPS) is 16.8. The lowest BCUT2D eigenvalue weighted by atomic mass is 10.1. The molecule has 3 rings (SSSR count). The van der Waals surface area contributed by atoms with Crippen LogP contribution in [0.1, 0.15) is 13.3 Å². The number of amides is 4. The lowest BCUT2D eigenvalue weighted by Crippen LogP contribution is -2.49. The number of aliphatic hydroxyl groups excluding tert-OH is 1. The van der Waals surface area contributed by atoms with E-state index in [1.165, 1.54) is 48.6 Å². The third-order valence-electron chi connectivity index (χ3n) is 5.45. The molecule has 0 saturated carbocycles. The number of nitrogens with zero attached hydrogens (tertiary/aromatic N) is 2. The first kappa shape index (κ1) is 25.1. The van der Waals surface area contributed by atoms with Gasteiger partial charge in [-0.15, -0.1) is 0 Å². The maximum Gasteiger partial charge on any atom is 0.327 e. The minimum absolute atomic E-state index is 0.164. The monoisotopic (exact) mass is 491 g/mol. The quantitative estimate of drug-likeness (QED) is 0.268. The smallest absolute Gasteiger partial charge is 0.327 e. The molecule has 1 heterocycles. The predicted octanol–water partition coefficient (Wildman–Crippen LogP) is 1.16. The maximum atomic E-state index is 13.4. The summed E-state index contributed by atoms with van der Waals surface area (Å²) in [6.45, 7) is 1.28. The second kappa shape index (κ2) is 10.2. The van der Waals surface area contributed by atoms with Gasteiger partial charge in [0, 0.05) is 13.1 Å². The van der Waals surface area contributed by atoms with Gasteiger partial charge in [-0.05, 0) is 49.7 Å². The number of urea groups is 1. The van der Waals surface area contributed by atoms with Crippen molar-refractivity contribution in [3.05, 3.63) is 54.6 Å². The molecule has 3 N–H and O–H groups in total. The molecule has 0 bridgehead atoms. The van der Waals surface area contributed by atoms with E-state index in [0.29, 0.717) is 11.5 Å². The average molecular weight is 492 g/mol. The fourth-order valence-corrected chi connectivity index (χ4v) is 5.53. The van der Waals surface area contributed by atoms with Crippen LogP contribution in [0.3, 0.4) is 0 Å². The van der Waals surface area contributed by atoms with E-state index in [1.54, 1.807) is 24.3 Å². The first-order valence-electron chi connectivity index (χ1n) is 10.3. The molecule has 3 atom stereocenters. The zero-order valence-corrected chi connectivity index (χ0v) is 19.3. The van der Waals surface area contributed by atoms with Crippen LogP contribution in [-0.2, 0) is 19.4 Å². The van der Waals surface area contributed by atoms with E-state index in [-0.39, 0.29) is 11.4 Å². The highest BCUT2D eigenvalue weighted by Crippen LogP contribution is 2.28. The predicted molar refractivity (Wildman–Crippen MR) is 119 cm³/mol. The molecular formula is C22H25N3O8S. The Morgan fingerprint density at radius 2 is 1.68 bits per heavy atom. The summed E-state index contributed by atoms with van der Waals surface area (Å²) in [6, 6.07) is 12.6. The maximum absolute atomic E-state index is 13.4. The molecule has 1 fully saturated rings. The topological polar surface area (TPSA) is 154 Å². The first-order chi connectivity index (χ1) is 16.1. The molecule has 1 aliphatic rings. The van der Waals surface area contributed by atoms with Gasteiger partial charge in [0.2, 0.25) is 0 Å². The van der Waals surface area contributed by atoms with Crippen LogP contribution in [0.4, 0.5) is 4.79 Å². The van der Waals surface area contributed by atoms with Crippen LogP contribution in [0.25, 0.3) is 0 Å². The standard InChI is InChI=1S/C22H25N3O8S/c1-14(25-19(26)13-24(2)22(25)29)12-18(20(27)21(28)23-30)34(31,32)17-10-8-16(9-11-17)33-15-6-4-3-5-7-15/h3-11,14,18,20,27,30H,12-13H2,1-2H3,(H,23,28). The summed E-state index contributed by atoms with van der Waals surface area (Å²) < 4.78 is 32.4. The Hall–Kier alpha value is -3.48. The number of para-hydroxylation sites is 1. The molecule has 2 aromatic carbocycles. The van der Waals surface area contributed by atoms with Crippen molar-refractivity contribution >= 4 is 27.7 Å². The van der Waals surface area contributed by atoms with Crippen LogP contribution in [0.5, 0.6) is 11.5 Å². The van der Waals surface area contributed by atoms with Gasteiger partial charge in [-0.25, -0.2) is 18.7 Å². The molecule has 34 heavy (non-hydrogen) atoms. The molecule has 0 radical (unpaired) electrons. The third-order valence-corrected chi connectivity index (χ3v) is 7.63. The minimum atomic E-state index is -4.36. The molecule has 12 heteroatoms. The van der Waals surface area contributed by atoms with Crippen molar-refractivity contribution in [2.24, 2.45) is 0 Å². The van der Waals surface area contributed by atoms with E-state index < -0.39 is 51.5 Å². The second-order valence-electron chi connectivity index (χ2n) is 7.88. The van der Waals surface area contributed by atoms with Crippen LogP contribution in [-0.4, -0.2) is 77.4 Å². The number of hydrogen-bond donors (Lipinski definition) is 3. The van der Waals surface area contributed by atoms with Gasteiger partial charge in [0.1, 0.15) is 23.3 Å². The summed E-state index contributed by atoms with van der Waals surface area (Å²) in [4.78, 5) is 38.3. The van der Waals surface area contributed by atoms with Gasteiger partial charge in [-0.2, -0.15) is 0 Å². The number of likely N-dealkylation sites (N-methyl/N-ethyl adjacent to an activating group) is 1. The van der Waals surface area contributed by atoms with E-state index in [4.69, 9.17) is 9.94 Å². The molecule has 3 unspecified atom stereocenters. The van der Waals surface area contributed by atoms with Gasteiger partial charge < -0.3 is 14.7 Å². The largest absolute Gasteiger partial charge is 0.457 e. The number of ether oxygens (including phenoxy) is 1. The van der Waals surface area contributed by atoms with E-state index in [0.717, 1.165) is 4.90 Å². The van der Waals surface area contributed by atoms with E-state index in [1.807, 2.05) is 6.07 Å². The van der Waals surface area contributed by atoms with Crippen LogP contribution >= 0.6 is 0 Å². The van der Waals surface area contributed by atoms with Crippen LogP contribution < -0.4 is 10.2 Å². The zero-order chi connectivity index (χ0) is 25.0. The Morgan fingerprint density at radius 1 is 1.09 bits per heavy atom. The summed E-state index contributed by atoms with van der Waals surface area (Å²) in [6.07, 6.45) is -2.60. The number of carbonyl (C=O) groups is 3. The first-order valence-corrected chi connectivity index (χ1v) is 11.9. The van der Waals surface area contributed by atoms with Gasteiger partial charge in [-0.3, -0.25) is 19.7 Å². The molecule has 182 valence electrons. The molecule has 2 aromatic rings. The summed E-state index contributed by atoms with van der Waals surface area (Å²) in [5.41, 5.74) is 1.24. The van der Waals surface area contributed by atoms with Gasteiger partial charge in [0.05, 0.1) is 4.90 Å². The molecule has 0 spiro atoms. The van der Waals surface area contributed by atoms with Gasteiger partial charge in [0.25, 0.3) is 11.8 Å². The fourth-order valence-electron chi connectivity index (χ4n) is 3.67. The summed E-state index contributed by atoms with van der Waals surface area (Å²) in [7, 11) is -2.93. The number of hydrogen-bond acceptors (Lipinski definition) is 8. The van der Waals surface area contributed by atoms with Crippen molar-refractivity contribution in [2.45, 2.75) is 35.6 Å². The third kappa shape index (κ3) is 5.19. The Kier molecular flexibility index (Phi) is 7.54. The molecule has 1 saturated heterocycles. The fraction of sp³-hybridized carbons (Fsp3) is 0.318. The van der Waals surface area contributed by atoms with E-state index in [2.05, 4.69) is 0 Å². The van der Waals surface area contributed by atoms with Crippen molar-refractivity contribution in [1.29, 1.82) is 0 Å². The van der Waals surface area contributed by atoms with Gasteiger partial charge in [-0.1, -0.05) is 18.2 Å². The average Bonchev–Trinajstić information content (AvgIpc) is 3.08. The van der Waals surface area contributed by atoms with Gasteiger partial charge in [0.15, 0.2) is 15.9 Å². The number of sulfone groups is 1. The number of nitrogens with one attached hydrogen (secondary N) is 1. The summed E-state index contributed by atoms with van der Waals surface area (Å²) >= 11 is 0. The summed E-state index contributed by atoms with van der Waals surface area (Å²) in [5.74, 6) is -0.953. The van der Waals surface area contributed by atoms with Crippen molar-refractivity contribution in [2.75, 3.05) is 13.6 Å². The van der Waals surface area contributed by atoms with E-state index in [9.17, 15) is 27.9 Å². The summed E-state index contributed by atoms with van der Waals surface area (Å²) in [5, 5.41) is 17.6. The number of hydroxylamine groups is 1. The Balaban J connectivity index is 1.88. The van der Waals surface area contributed by atoms with Crippen LogP contribution in [0.15, 0.2) is 59.5 Å². The Labute approximate surface area is 196 Å². The number of imide groups is 1. The van der Waals surface area contributed by atoms with Crippen molar-refractivity contribution in [3.8, 4) is 11.5 Å². The Bertz CT molecular complexity index is 1150. The number of rotatable bonds is 9. The molecule has 0 aromatic heterocycles. The van der Waals surface area contributed by atoms with Gasteiger partial charge >= 0.3 is 6.03 Å². The van der Waals surface area contributed by atoms with Crippen LogP contribution in [0.2, 0.25) is 0 Å². The highest BCUT2D eigenvalue weighted by atomic mass is 32.2. The molecule has 0 aliphatic carbocycles. The van der Waals surface area contributed by atoms with Crippen molar-refractivity contribution < 1.29 is 37.9 Å². The highest BCUT2D eigenvalue weighted by molar-refractivity contribution is 7.92. The molecular weight excluding hydrogens is 466 g/mol. The van der Waals surface area contributed by atoms with Crippen LogP contribution in [0, 0.1) is 0 Å². The molecule has 4 amide bonds. The SMILES string of the molecule is CC(CC(C(O)C(=O)NO)S(=O)(=O)c1ccc(Oc2ccccc2)cc1)N1C(=O)CN(C)C1=O. The number of aliphatic hydroxyl groups is 1. The number of carbonyl (C=O) groups excluding carboxylic acids is 3.